The molecule has 126 valence electrons. The van der Waals surface area contributed by atoms with Gasteiger partial charge in [0.25, 0.3) is 5.91 Å². The molecule has 0 atom stereocenters. The van der Waals surface area contributed by atoms with Crippen LogP contribution in [0.15, 0.2) is 47.8 Å². The molecule has 3 rings (SSSR count). The number of nitrogens with zero attached hydrogens (tertiary/aromatic N) is 4. The van der Waals surface area contributed by atoms with Gasteiger partial charge in [-0.15, -0.1) is 0 Å². The van der Waals surface area contributed by atoms with Crippen molar-refractivity contribution < 1.29 is 13.2 Å². The number of carbonyl (C=O) groups excluding carboxylic acids is 1. The smallest absolute Gasteiger partial charge is 0.255 e. The third-order valence-electron chi connectivity index (χ3n) is 3.96. The van der Waals surface area contributed by atoms with Crippen molar-refractivity contribution in [1.29, 1.82) is 0 Å². The molecule has 1 amide bonds. The minimum Gasteiger partial charge on any atom is -0.352 e. The monoisotopic (exact) mass is 346 g/mol. The normalized spacial score (nSPS) is 15.4. The SMILES string of the molecule is CS(=O)(=O)c1ccccc1C(=O)N1CCN(c2cnccn2)CC1. The van der Waals surface area contributed by atoms with Crippen LogP contribution in [0, 0.1) is 0 Å². The first kappa shape index (κ1) is 16.4. The van der Waals surface area contributed by atoms with E-state index in [1.165, 1.54) is 6.07 Å². The summed E-state index contributed by atoms with van der Waals surface area (Å²) in [6.45, 7) is 2.28. The van der Waals surface area contributed by atoms with E-state index in [1.807, 2.05) is 0 Å². The molecule has 0 saturated carbocycles. The lowest BCUT2D eigenvalue weighted by Gasteiger charge is -2.35. The Hall–Kier alpha value is -2.48. The van der Waals surface area contributed by atoms with Crippen LogP contribution in [-0.2, 0) is 9.84 Å². The Morgan fingerprint density at radius 3 is 2.42 bits per heavy atom. The van der Waals surface area contributed by atoms with Crippen LogP contribution < -0.4 is 4.90 Å². The lowest BCUT2D eigenvalue weighted by molar-refractivity contribution is 0.0742. The summed E-state index contributed by atoms with van der Waals surface area (Å²) < 4.78 is 23.8. The Labute approximate surface area is 140 Å². The van der Waals surface area contributed by atoms with Gasteiger partial charge < -0.3 is 9.80 Å². The highest BCUT2D eigenvalue weighted by Gasteiger charge is 2.26. The molecular weight excluding hydrogens is 328 g/mol. The van der Waals surface area contributed by atoms with E-state index in [1.54, 1.807) is 41.7 Å². The molecule has 7 nitrogen and oxygen atoms in total. The van der Waals surface area contributed by atoms with Crippen LogP contribution in [-0.4, -0.2) is 61.6 Å². The van der Waals surface area contributed by atoms with E-state index in [2.05, 4.69) is 14.9 Å². The predicted octanol–water partition coefficient (Wildman–Crippen LogP) is 0.843. The van der Waals surface area contributed by atoms with E-state index in [9.17, 15) is 13.2 Å². The summed E-state index contributed by atoms with van der Waals surface area (Å²) in [7, 11) is -3.45. The minimum atomic E-state index is -3.45. The second-order valence-electron chi connectivity index (χ2n) is 5.61. The maximum atomic E-state index is 12.7. The van der Waals surface area contributed by atoms with E-state index in [-0.39, 0.29) is 16.4 Å². The quantitative estimate of drug-likeness (QED) is 0.819. The number of piperazine rings is 1. The average molecular weight is 346 g/mol. The Kier molecular flexibility index (Phi) is 4.48. The van der Waals surface area contributed by atoms with Crippen molar-refractivity contribution in [3.63, 3.8) is 0 Å². The van der Waals surface area contributed by atoms with Crippen molar-refractivity contribution >= 4 is 21.6 Å². The number of rotatable bonds is 3. The summed E-state index contributed by atoms with van der Waals surface area (Å²) in [5, 5.41) is 0. The zero-order chi connectivity index (χ0) is 17.2. The summed E-state index contributed by atoms with van der Waals surface area (Å²) in [5.41, 5.74) is 0.230. The number of amides is 1. The van der Waals surface area contributed by atoms with Gasteiger partial charge >= 0.3 is 0 Å². The van der Waals surface area contributed by atoms with Crippen LogP contribution in [0.1, 0.15) is 10.4 Å². The molecule has 1 aliphatic heterocycles. The van der Waals surface area contributed by atoms with E-state index < -0.39 is 9.84 Å². The van der Waals surface area contributed by atoms with Gasteiger partial charge in [-0.2, -0.15) is 0 Å². The molecule has 2 heterocycles. The third-order valence-corrected chi connectivity index (χ3v) is 5.11. The summed E-state index contributed by atoms with van der Waals surface area (Å²) in [6, 6.07) is 6.34. The van der Waals surface area contributed by atoms with Gasteiger partial charge in [0, 0.05) is 44.8 Å². The topological polar surface area (TPSA) is 83.5 Å². The van der Waals surface area contributed by atoms with E-state index in [0.717, 1.165) is 12.1 Å². The maximum absolute atomic E-state index is 12.7. The fourth-order valence-electron chi connectivity index (χ4n) is 2.73. The van der Waals surface area contributed by atoms with Crippen LogP contribution in [0.5, 0.6) is 0 Å². The molecule has 0 spiro atoms. The molecule has 0 bridgehead atoms. The average Bonchev–Trinajstić information content (AvgIpc) is 2.61. The third kappa shape index (κ3) is 3.38. The van der Waals surface area contributed by atoms with Gasteiger partial charge in [0.1, 0.15) is 5.82 Å². The first-order chi connectivity index (χ1) is 11.5. The Bertz CT molecular complexity index is 831. The summed E-state index contributed by atoms with van der Waals surface area (Å²) in [4.78, 5) is 24.8. The number of hydrogen-bond acceptors (Lipinski definition) is 6. The van der Waals surface area contributed by atoms with Crippen LogP contribution in [0.4, 0.5) is 5.82 Å². The van der Waals surface area contributed by atoms with Crippen molar-refractivity contribution in [2.45, 2.75) is 4.90 Å². The highest BCUT2D eigenvalue weighted by atomic mass is 32.2. The number of benzene rings is 1. The largest absolute Gasteiger partial charge is 0.352 e. The van der Waals surface area contributed by atoms with Crippen molar-refractivity contribution in [3.05, 3.63) is 48.4 Å². The Morgan fingerprint density at radius 1 is 1.08 bits per heavy atom. The zero-order valence-electron chi connectivity index (χ0n) is 13.3. The lowest BCUT2D eigenvalue weighted by Crippen LogP contribution is -2.49. The van der Waals surface area contributed by atoms with E-state index >= 15 is 0 Å². The van der Waals surface area contributed by atoms with Gasteiger partial charge in [0.15, 0.2) is 9.84 Å². The van der Waals surface area contributed by atoms with Crippen molar-refractivity contribution in [1.82, 2.24) is 14.9 Å². The van der Waals surface area contributed by atoms with Crippen molar-refractivity contribution in [2.75, 3.05) is 37.3 Å². The fourth-order valence-corrected chi connectivity index (χ4v) is 3.61. The lowest BCUT2D eigenvalue weighted by atomic mass is 10.2. The molecule has 8 heteroatoms. The predicted molar refractivity (Wildman–Crippen MR) is 89.7 cm³/mol. The van der Waals surface area contributed by atoms with Gasteiger partial charge in [-0.1, -0.05) is 12.1 Å². The van der Waals surface area contributed by atoms with Crippen molar-refractivity contribution in [2.24, 2.45) is 0 Å². The summed E-state index contributed by atoms with van der Waals surface area (Å²) in [5.74, 6) is 0.524. The number of sulfone groups is 1. The van der Waals surface area contributed by atoms with Crippen LogP contribution in [0.25, 0.3) is 0 Å². The van der Waals surface area contributed by atoms with Gasteiger partial charge in [0.05, 0.1) is 16.7 Å². The Balaban J connectivity index is 1.75. The molecule has 0 N–H and O–H groups in total. The zero-order valence-corrected chi connectivity index (χ0v) is 14.1. The molecule has 1 aliphatic rings. The van der Waals surface area contributed by atoms with Crippen molar-refractivity contribution in [3.8, 4) is 0 Å². The highest BCUT2D eigenvalue weighted by Crippen LogP contribution is 2.19. The molecular formula is C16H18N4O3S. The first-order valence-corrected chi connectivity index (χ1v) is 9.45. The van der Waals surface area contributed by atoms with E-state index in [4.69, 9.17) is 0 Å². The molecule has 1 aromatic carbocycles. The first-order valence-electron chi connectivity index (χ1n) is 7.56. The molecule has 0 aliphatic carbocycles. The van der Waals surface area contributed by atoms with Crippen LogP contribution in [0.3, 0.4) is 0 Å². The van der Waals surface area contributed by atoms with Gasteiger partial charge in [0.2, 0.25) is 0 Å². The standard InChI is InChI=1S/C16H18N4O3S/c1-24(22,23)14-5-3-2-4-13(14)16(21)20-10-8-19(9-11-20)15-12-17-6-7-18-15/h2-7,12H,8-11H2,1H3. The Morgan fingerprint density at radius 2 is 1.79 bits per heavy atom. The van der Waals surface area contributed by atoms with Crippen LogP contribution in [0.2, 0.25) is 0 Å². The second kappa shape index (κ2) is 6.56. The van der Waals surface area contributed by atoms with Gasteiger partial charge in [-0.25, -0.2) is 13.4 Å². The minimum absolute atomic E-state index is 0.0753. The molecule has 0 radical (unpaired) electrons. The van der Waals surface area contributed by atoms with Crippen LogP contribution >= 0.6 is 0 Å². The molecule has 0 unspecified atom stereocenters. The number of aromatic nitrogens is 2. The fraction of sp³-hybridized carbons (Fsp3) is 0.312. The molecule has 1 aromatic heterocycles. The van der Waals surface area contributed by atoms with Gasteiger partial charge in [-0.05, 0) is 12.1 Å². The maximum Gasteiger partial charge on any atom is 0.255 e. The summed E-state index contributed by atoms with van der Waals surface area (Å²) in [6.07, 6.45) is 6.06. The number of hydrogen-bond donors (Lipinski definition) is 0. The molecule has 1 fully saturated rings. The molecule has 2 aromatic rings. The second-order valence-corrected chi connectivity index (χ2v) is 7.60. The number of carbonyl (C=O) groups is 1. The highest BCUT2D eigenvalue weighted by molar-refractivity contribution is 7.90. The van der Waals surface area contributed by atoms with E-state index in [0.29, 0.717) is 26.2 Å². The number of anilines is 1. The van der Waals surface area contributed by atoms with Gasteiger partial charge in [-0.3, -0.25) is 9.78 Å². The molecule has 1 saturated heterocycles. The molecule has 24 heavy (non-hydrogen) atoms. The summed E-state index contributed by atoms with van der Waals surface area (Å²) >= 11 is 0.